The number of carbonyl (C=O) groups excluding carboxylic acids is 2. The zero-order valence-electron chi connectivity index (χ0n) is 10.5. The predicted molar refractivity (Wildman–Crippen MR) is 67.1 cm³/mol. The number of ketones is 2. The van der Waals surface area contributed by atoms with Crippen LogP contribution in [0.4, 0.5) is 0 Å². The molecule has 2 rings (SSSR count). The molecule has 0 bridgehead atoms. The van der Waals surface area contributed by atoms with E-state index in [1.54, 1.807) is 6.92 Å². The fourth-order valence-electron chi connectivity index (χ4n) is 2.50. The van der Waals surface area contributed by atoms with Gasteiger partial charge in [0.2, 0.25) is 0 Å². The molecule has 0 N–H and O–H groups in total. The van der Waals surface area contributed by atoms with Gasteiger partial charge in [0, 0.05) is 17.4 Å². The summed E-state index contributed by atoms with van der Waals surface area (Å²) in [6, 6.07) is 7.82. The van der Waals surface area contributed by atoms with Crippen molar-refractivity contribution in [2.75, 3.05) is 0 Å². The summed E-state index contributed by atoms with van der Waals surface area (Å²) < 4.78 is 0. The number of carbonyl (C=O) groups is 2. The van der Waals surface area contributed by atoms with Gasteiger partial charge < -0.3 is 4.79 Å². The lowest BCUT2D eigenvalue weighted by Crippen LogP contribution is -2.33. The minimum Gasteiger partial charge on any atom is -0.300 e. The number of rotatable bonds is 3. The van der Waals surface area contributed by atoms with Crippen molar-refractivity contribution in [3.63, 3.8) is 0 Å². The van der Waals surface area contributed by atoms with Crippen molar-refractivity contribution in [2.24, 2.45) is 5.41 Å². The molecule has 0 heterocycles. The Kier molecular flexibility index (Phi) is 3.14. The highest BCUT2D eigenvalue weighted by atomic mass is 16.1. The van der Waals surface area contributed by atoms with Gasteiger partial charge in [-0.15, -0.1) is 0 Å². The Labute approximate surface area is 102 Å². The van der Waals surface area contributed by atoms with E-state index in [1.165, 1.54) is 0 Å². The summed E-state index contributed by atoms with van der Waals surface area (Å²) >= 11 is 0. The highest BCUT2D eigenvalue weighted by Crippen LogP contribution is 2.38. The molecule has 0 amide bonds. The van der Waals surface area contributed by atoms with Crippen molar-refractivity contribution >= 4 is 11.6 Å². The second kappa shape index (κ2) is 4.44. The molecule has 17 heavy (non-hydrogen) atoms. The highest BCUT2D eigenvalue weighted by molar-refractivity contribution is 6.02. The number of Topliss-reactive ketones (excluding diaryl/α,β-unsaturated/α-hetero) is 2. The molecule has 1 aromatic carbocycles. The highest BCUT2D eigenvalue weighted by Gasteiger charge is 2.37. The third-order valence-corrected chi connectivity index (χ3v) is 3.79. The third kappa shape index (κ3) is 2.31. The lowest BCUT2D eigenvalue weighted by atomic mass is 9.69. The summed E-state index contributed by atoms with van der Waals surface area (Å²) in [5, 5.41) is 0. The maximum atomic E-state index is 12.4. The average molecular weight is 230 g/mol. The quantitative estimate of drug-likeness (QED) is 0.799. The molecule has 0 fully saturated rings. The molecule has 90 valence electrons. The zero-order chi connectivity index (χ0) is 12.5. The van der Waals surface area contributed by atoms with E-state index in [0.717, 1.165) is 24.0 Å². The smallest absolute Gasteiger partial charge is 0.169 e. The van der Waals surface area contributed by atoms with Crippen molar-refractivity contribution in [2.45, 2.75) is 39.5 Å². The number of fused-ring (bicyclic) bond motifs is 1. The van der Waals surface area contributed by atoms with Gasteiger partial charge in [-0.2, -0.15) is 0 Å². The first-order valence-electron chi connectivity index (χ1n) is 6.15. The lowest BCUT2D eigenvalue weighted by molar-refractivity contribution is -0.117. The van der Waals surface area contributed by atoms with Crippen LogP contribution < -0.4 is 0 Å². The average Bonchev–Trinajstić information content (AvgIpc) is 2.32. The molecule has 1 unspecified atom stereocenters. The second-order valence-electron chi connectivity index (χ2n) is 5.25. The molecule has 0 aliphatic heterocycles. The Balaban J connectivity index is 2.24. The molecule has 2 nitrogen and oxygen atoms in total. The molecule has 0 aromatic heterocycles. The minimum atomic E-state index is -0.347. The van der Waals surface area contributed by atoms with Crippen molar-refractivity contribution in [1.29, 1.82) is 0 Å². The van der Waals surface area contributed by atoms with Gasteiger partial charge in [0.25, 0.3) is 0 Å². The zero-order valence-corrected chi connectivity index (χ0v) is 10.5. The van der Waals surface area contributed by atoms with Gasteiger partial charge in [-0.25, -0.2) is 0 Å². The summed E-state index contributed by atoms with van der Waals surface area (Å²) in [6.07, 6.45) is 2.98. The molecule has 1 aromatic rings. The van der Waals surface area contributed by atoms with E-state index in [2.05, 4.69) is 0 Å². The van der Waals surface area contributed by atoms with E-state index in [0.29, 0.717) is 12.8 Å². The van der Waals surface area contributed by atoms with Crippen LogP contribution in [0.15, 0.2) is 24.3 Å². The van der Waals surface area contributed by atoms with Crippen molar-refractivity contribution < 1.29 is 9.59 Å². The SMILES string of the molecule is CC(=O)CCC1(C)CCc2ccccc2C1=O. The van der Waals surface area contributed by atoms with Crippen molar-refractivity contribution in [3.8, 4) is 0 Å². The number of hydrogen-bond donors (Lipinski definition) is 0. The number of hydrogen-bond acceptors (Lipinski definition) is 2. The minimum absolute atomic E-state index is 0.165. The van der Waals surface area contributed by atoms with Crippen LogP contribution in [-0.2, 0) is 11.2 Å². The number of benzene rings is 1. The van der Waals surface area contributed by atoms with Crippen LogP contribution in [0.25, 0.3) is 0 Å². The molecule has 0 radical (unpaired) electrons. The van der Waals surface area contributed by atoms with E-state index in [-0.39, 0.29) is 17.0 Å². The van der Waals surface area contributed by atoms with Crippen molar-refractivity contribution in [1.82, 2.24) is 0 Å². The third-order valence-electron chi connectivity index (χ3n) is 3.79. The van der Waals surface area contributed by atoms with E-state index >= 15 is 0 Å². The van der Waals surface area contributed by atoms with Crippen LogP contribution >= 0.6 is 0 Å². The molecule has 1 atom stereocenters. The van der Waals surface area contributed by atoms with Gasteiger partial charge in [-0.1, -0.05) is 31.2 Å². The van der Waals surface area contributed by atoms with Gasteiger partial charge in [0.15, 0.2) is 5.78 Å². The Hall–Kier alpha value is -1.44. The Bertz CT molecular complexity index is 462. The van der Waals surface area contributed by atoms with Crippen LogP contribution in [0.2, 0.25) is 0 Å². The molecule has 1 aliphatic carbocycles. The fourth-order valence-corrected chi connectivity index (χ4v) is 2.50. The maximum Gasteiger partial charge on any atom is 0.169 e. The van der Waals surface area contributed by atoms with E-state index in [4.69, 9.17) is 0 Å². The largest absolute Gasteiger partial charge is 0.300 e. The van der Waals surface area contributed by atoms with Crippen molar-refractivity contribution in [3.05, 3.63) is 35.4 Å². The van der Waals surface area contributed by atoms with Gasteiger partial charge in [-0.05, 0) is 31.7 Å². The van der Waals surface area contributed by atoms with E-state index in [9.17, 15) is 9.59 Å². The molecule has 2 heteroatoms. The van der Waals surface area contributed by atoms with Gasteiger partial charge in [-0.3, -0.25) is 4.79 Å². The summed E-state index contributed by atoms with van der Waals surface area (Å²) in [4.78, 5) is 23.5. The van der Waals surface area contributed by atoms with Crippen LogP contribution in [0, 0.1) is 5.41 Å². The van der Waals surface area contributed by atoms with Gasteiger partial charge >= 0.3 is 0 Å². The van der Waals surface area contributed by atoms with Gasteiger partial charge in [0.05, 0.1) is 0 Å². The van der Waals surface area contributed by atoms with E-state index in [1.807, 2.05) is 31.2 Å². The predicted octanol–water partition coefficient (Wildman–Crippen LogP) is 3.19. The lowest BCUT2D eigenvalue weighted by Gasteiger charge is -2.33. The van der Waals surface area contributed by atoms with Gasteiger partial charge in [0.1, 0.15) is 5.78 Å². The van der Waals surface area contributed by atoms with Crippen LogP contribution in [0.3, 0.4) is 0 Å². The van der Waals surface area contributed by atoms with E-state index < -0.39 is 0 Å². The summed E-state index contributed by atoms with van der Waals surface area (Å²) in [5.74, 6) is 0.374. The summed E-state index contributed by atoms with van der Waals surface area (Å²) in [5.41, 5.74) is 1.66. The molecular weight excluding hydrogens is 212 g/mol. The van der Waals surface area contributed by atoms with Crippen LogP contribution in [0.1, 0.15) is 49.0 Å². The number of aryl methyl sites for hydroxylation is 1. The molecule has 1 aliphatic rings. The summed E-state index contributed by atoms with van der Waals surface area (Å²) in [6.45, 7) is 3.58. The monoisotopic (exact) mass is 230 g/mol. The Morgan fingerprint density at radius 3 is 2.76 bits per heavy atom. The first kappa shape index (κ1) is 12.0. The second-order valence-corrected chi connectivity index (χ2v) is 5.25. The standard InChI is InChI=1S/C15H18O2/c1-11(16)7-9-15(2)10-8-12-5-3-4-6-13(12)14(15)17/h3-6H,7-10H2,1-2H3. The molecule has 0 saturated heterocycles. The first-order valence-corrected chi connectivity index (χ1v) is 6.15. The molecule has 0 spiro atoms. The first-order chi connectivity index (χ1) is 8.03. The molecular formula is C15H18O2. The Morgan fingerprint density at radius 2 is 2.06 bits per heavy atom. The maximum absolute atomic E-state index is 12.4. The van der Waals surface area contributed by atoms with Crippen LogP contribution in [-0.4, -0.2) is 11.6 Å². The normalized spacial score (nSPS) is 23.3. The Morgan fingerprint density at radius 1 is 1.35 bits per heavy atom. The summed E-state index contributed by atoms with van der Waals surface area (Å²) in [7, 11) is 0. The van der Waals surface area contributed by atoms with Crippen LogP contribution in [0.5, 0.6) is 0 Å². The topological polar surface area (TPSA) is 34.1 Å². The fraction of sp³-hybridized carbons (Fsp3) is 0.467. The molecule has 0 saturated carbocycles.